The van der Waals surface area contributed by atoms with Gasteiger partial charge in [0.1, 0.15) is 67.1 Å². The van der Waals surface area contributed by atoms with Crippen LogP contribution in [0.3, 0.4) is 0 Å². The summed E-state index contributed by atoms with van der Waals surface area (Å²) in [6, 6.07) is -2.53. The van der Waals surface area contributed by atoms with Crippen LogP contribution in [0.4, 0.5) is 0 Å². The van der Waals surface area contributed by atoms with Crippen LogP contribution in [-0.2, 0) is 42.8 Å². The van der Waals surface area contributed by atoms with E-state index in [0.717, 1.165) is 84.0 Å². The number of ether oxygens (including phenoxy) is 6. The average molecular weight is 1380 g/mol. The van der Waals surface area contributed by atoms with Crippen molar-refractivity contribution in [3.05, 3.63) is 12.2 Å². The standard InChI is InChI=1S/C73H136N2O21/c1-4-6-8-10-12-14-16-18-20-22-24-26-27-29-31-33-35-37-39-41-43-45-47-60(83)75-54(55(80)46-44-42-40-38-36-34-32-30-28-25-23-21-19-17-15-13-11-9-7-5-2)52-91-70-65(87)64(86)67(59(51-78)93-70)94-71-66(88)69(63(85)58(50-77)92-71)96-73(72(89)90)48-56(81)61(74-53(3)79)68(95-73)62(84)57(82)49-76/h27,29,54-59,61-71,76-78,80-82,84-88H,4-26,28,30-52H2,1-3H3,(H,74,79)(H,75,83)(H,89,90)/b29-27-. The molecule has 3 heterocycles. The third-order valence-corrected chi connectivity index (χ3v) is 19.5. The Morgan fingerprint density at radius 3 is 1.41 bits per heavy atom. The van der Waals surface area contributed by atoms with Crippen LogP contribution in [0, 0.1) is 0 Å². The molecule has 2 amide bonds. The number of carboxylic acids is 1. The van der Waals surface area contributed by atoms with E-state index in [9.17, 15) is 75.7 Å². The van der Waals surface area contributed by atoms with Crippen molar-refractivity contribution in [1.29, 1.82) is 0 Å². The molecule has 0 spiro atoms. The molecule has 3 aliphatic rings. The van der Waals surface area contributed by atoms with E-state index in [1.807, 2.05) is 0 Å². The molecule has 3 rings (SSSR count). The van der Waals surface area contributed by atoms with Crippen molar-refractivity contribution in [1.82, 2.24) is 10.6 Å². The van der Waals surface area contributed by atoms with Gasteiger partial charge in [-0.1, -0.05) is 251 Å². The summed E-state index contributed by atoms with van der Waals surface area (Å²) in [6.45, 7) is 2.24. The molecule has 23 nitrogen and oxygen atoms in total. The van der Waals surface area contributed by atoms with Crippen LogP contribution in [0.25, 0.3) is 0 Å². The molecule has 0 saturated carbocycles. The molecule has 18 atom stereocenters. The number of allylic oxidation sites excluding steroid dienone is 2. The zero-order chi connectivity index (χ0) is 70.4. The van der Waals surface area contributed by atoms with E-state index >= 15 is 0 Å². The van der Waals surface area contributed by atoms with E-state index in [4.69, 9.17) is 28.4 Å². The number of rotatable bonds is 59. The molecule has 0 aliphatic carbocycles. The first-order valence-corrected chi connectivity index (χ1v) is 38.0. The van der Waals surface area contributed by atoms with Crippen molar-refractivity contribution in [3.8, 4) is 0 Å². The largest absolute Gasteiger partial charge is 0.477 e. The van der Waals surface area contributed by atoms with Crippen LogP contribution in [0.2, 0.25) is 0 Å². The van der Waals surface area contributed by atoms with Crippen LogP contribution in [0.15, 0.2) is 12.2 Å². The summed E-state index contributed by atoms with van der Waals surface area (Å²) in [6.07, 6.45) is 24.9. The van der Waals surface area contributed by atoms with Gasteiger partial charge in [-0.25, -0.2) is 4.79 Å². The molecule has 0 aromatic rings. The fraction of sp³-hybridized carbons (Fsp3) is 0.932. The van der Waals surface area contributed by atoms with Crippen molar-refractivity contribution in [2.45, 2.75) is 407 Å². The second kappa shape index (κ2) is 53.3. The average Bonchev–Trinajstić information content (AvgIpc) is 0.759. The monoisotopic (exact) mass is 1380 g/mol. The first-order chi connectivity index (χ1) is 46.4. The summed E-state index contributed by atoms with van der Waals surface area (Å²) in [4.78, 5) is 38.6. The first kappa shape index (κ1) is 87.7. The molecule has 0 radical (unpaired) electrons. The van der Waals surface area contributed by atoms with Crippen molar-refractivity contribution in [3.63, 3.8) is 0 Å². The van der Waals surface area contributed by atoms with Gasteiger partial charge in [0, 0.05) is 19.8 Å². The van der Waals surface area contributed by atoms with Crippen LogP contribution >= 0.6 is 0 Å². The lowest BCUT2D eigenvalue weighted by Crippen LogP contribution is -2.70. The third-order valence-electron chi connectivity index (χ3n) is 19.5. The molecular formula is C73H136N2O21. The highest BCUT2D eigenvalue weighted by Crippen LogP contribution is 2.39. The summed E-state index contributed by atoms with van der Waals surface area (Å²) in [5.74, 6) is -6.10. The molecule has 0 bridgehead atoms. The maximum absolute atomic E-state index is 13.5. The lowest BCUT2D eigenvalue weighted by Gasteiger charge is -2.50. The van der Waals surface area contributed by atoms with Crippen molar-refractivity contribution >= 4 is 17.8 Å². The Kier molecular flexibility index (Phi) is 48.7. The van der Waals surface area contributed by atoms with Gasteiger partial charge >= 0.3 is 5.97 Å². The lowest BCUT2D eigenvalue weighted by molar-refractivity contribution is -0.386. The predicted octanol–water partition coefficient (Wildman–Crippen LogP) is 8.63. The topological polar surface area (TPSA) is 373 Å². The summed E-state index contributed by atoms with van der Waals surface area (Å²) in [5, 5.41) is 136. The highest BCUT2D eigenvalue weighted by atomic mass is 16.8. The van der Waals surface area contributed by atoms with Crippen LogP contribution in [-0.4, -0.2) is 215 Å². The molecule has 0 aromatic carbocycles. The number of aliphatic hydroxyl groups excluding tert-OH is 11. The molecule has 3 fully saturated rings. The fourth-order valence-electron chi connectivity index (χ4n) is 13.4. The van der Waals surface area contributed by atoms with Gasteiger partial charge in [0.2, 0.25) is 11.8 Å². The Balaban J connectivity index is 1.55. The van der Waals surface area contributed by atoms with Gasteiger partial charge in [-0.05, 0) is 38.5 Å². The summed E-state index contributed by atoms with van der Waals surface area (Å²) < 4.78 is 34.9. The fourth-order valence-corrected chi connectivity index (χ4v) is 13.4. The smallest absolute Gasteiger partial charge is 0.364 e. The van der Waals surface area contributed by atoms with Gasteiger partial charge in [-0.3, -0.25) is 9.59 Å². The van der Waals surface area contributed by atoms with Crippen LogP contribution in [0.1, 0.15) is 297 Å². The summed E-state index contributed by atoms with van der Waals surface area (Å²) in [7, 11) is 0. The zero-order valence-electron chi connectivity index (χ0n) is 59.2. The van der Waals surface area contributed by atoms with Gasteiger partial charge in [0.15, 0.2) is 12.6 Å². The lowest BCUT2D eigenvalue weighted by atomic mass is 9.88. The van der Waals surface area contributed by atoms with E-state index in [-0.39, 0.29) is 18.9 Å². The molecule has 14 N–H and O–H groups in total. The van der Waals surface area contributed by atoms with Crippen LogP contribution < -0.4 is 10.6 Å². The van der Waals surface area contributed by atoms with E-state index < -0.39 is 148 Å². The highest BCUT2D eigenvalue weighted by Gasteiger charge is 2.60. The predicted molar refractivity (Wildman–Crippen MR) is 366 cm³/mol. The minimum Gasteiger partial charge on any atom is -0.477 e. The molecule has 564 valence electrons. The number of hydrogen-bond acceptors (Lipinski definition) is 20. The van der Waals surface area contributed by atoms with E-state index in [0.29, 0.717) is 19.3 Å². The number of carbonyl (C=O) groups excluding carboxylic acids is 2. The number of carbonyl (C=O) groups is 3. The highest BCUT2D eigenvalue weighted by molar-refractivity contribution is 5.77. The molecule has 3 aliphatic heterocycles. The number of nitrogens with one attached hydrogen (secondary N) is 2. The van der Waals surface area contributed by atoms with Gasteiger partial charge < -0.3 is 100 Å². The van der Waals surface area contributed by atoms with E-state index in [1.165, 1.54) is 167 Å². The SMILES string of the molecule is CCCCCCCCCCCCC/C=C\CCCCCCCCCC(=O)NC(COC1OC(CO)C(OC2OC(CO)C(O)C(OC3(C(=O)O)CC(O)C(NC(C)=O)C(C(O)C(O)CO)O3)C2O)C(O)C1O)C(O)CCCCCCCCCCCCCCCCCCCCCC. The molecule has 0 aromatic heterocycles. The number of unbranched alkanes of at least 4 members (excludes halogenated alkanes) is 37. The number of amides is 2. The van der Waals surface area contributed by atoms with Crippen molar-refractivity contribution < 1.29 is 104 Å². The minimum atomic E-state index is -3.08. The quantitative estimate of drug-likeness (QED) is 0.0200. The molecular weight excluding hydrogens is 1240 g/mol. The van der Waals surface area contributed by atoms with Gasteiger partial charge in [-0.15, -0.1) is 0 Å². The van der Waals surface area contributed by atoms with E-state index in [2.05, 4.69) is 36.6 Å². The number of aliphatic hydroxyl groups is 11. The van der Waals surface area contributed by atoms with Crippen molar-refractivity contribution in [2.24, 2.45) is 0 Å². The van der Waals surface area contributed by atoms with Gasteiger partial charge in [0.05, 0.1) is 50.7 Å². The first-order valence-electron chi connectivity index (χ1n) is 38.0. The number of aliphatic carboxylic acids is 1. The molecule has 3 saturated heterocycles. The minimum absolute atomic E-state index is 0.220. The Morgan fingerprint density at radius 1 is 0.531 bits per heavy atom. The second-order valence-electron chi connectivity index (χ2n) is 27.9. The zero-order valence-corrected chi connectivity index (χ0v) is 59.2. The summed E-state index contributed by atoms with van der Waals surface area (Å²) in [5.41, 5.74) is 0. The third kappa shape index (κ3) is 34.4. The maximum atomic E-state index is 13.5. The Morgan fingerprint density at radius 2 is 0.969 bits per heavy atom. The second-order valence-corrected chi connectivity index (χ2v) is 27.9. The molecule has 18 unspecified atom stereocenters. The Bertz CT molecular complexity index is 1980. The summed E-state index contributed by atoms with van der Waals surface area (Å²) >= 11 is 0. The Hall–Kier alpha value is -2.53. The van der Waals surface area contributed by atoms with Crippen LogP contribution in [0.5, 0.6) is 0 Å². The van der Waals surface area contributed by atoms with Gasteiger partial charge in [0.25, 0.3) is 5.79 Å². The maximum Gasteiger partial charge on any atom is 0.364 e. The van der Waals surface area contributed by atoms with Crippen molar-refractivity contribution in [2.75, 3.05) is 26.4 Å². The van der Waals surface area contributed by atoms with Gasteiger partial charge in [-0.2, -0.15) is 0 Å². The molecule has 23 heteroatoms. The Labute approximate surface area is 575 Å². The van der Waals surface area contributed by atoms with E-state index in [1.54, 1.807) is 0 Å². The number of hydrogen-bond donors (Lipinski definition) is 14. The molecule has 96 heavy (non-hydrogen) atoms. The number of carboxylic acid groups (broad SMARTS) is 1. The normalized spacial score (nSPS) is 27.6.